The molecule has 1 aliphatic rings. The van der Waals surface area contributed by atoms with Gasteiger partial charge in [-0.25, -0.2) is 0 Å². The van der Waals surface area contributed by atoms with Gasteiger partial charge in [0.2, 0.25) is 0 Å². The standard InChI is InChI=1S/C34H50N2/c1-31(2,3)25-15-23(16-26(19-25)32(4,5)6)21-35-29-13-14-30(29)36-22-24-17-27(33(7,8)9)20-28(18-24)34(10,11)12/h15-22,29-30H,13-14H2,1-12H3/t29-,30+. The van der Waals surface area contributed by atoms with Gasteiger partial charge in [-0.1, -0.05) is 95.2 Å². The van der Waals surface area contributed by atoms with Crippen molar-refractivity contribution in [2.75, 3.05) is 0 Å². The molecule has 0 N–H and O–H groups in total. The first kappa shape index (κ1) is 28.4. The number of hydrogen-bond acceptors (Lipinski definition) is 2. The van der Waals surface area contributed by atoms with Crippen LogP contribution in [0, 0.1) is 0 Å². The van der Waals surface area contributed by atoms with Gasteiger partial charge in [-0.2, -0.15) is 0 Å². The molecule has 0 radical (unpaired) electrons. The van der Waals surface area contributed by atoms with E-state index in [0.717, 1.165) is 12.8 Å². The molecule has 0 amide bonds. The monoisotopic (exact) mass is 486 g/mol. The first-order valence-electron chi connectivity index (χ1n) is 13.7. The third kappa shape index (κ3) is 7.17. The summed E-state index contributed by atoms with van der Waals surface area (Å²) in [5, 5.41) is 0. The van der Waals surface area contributed by atoms with Gasteiger partial charge in [0, 0.05) is 12.4 Å². The van der Waals surface area contributed by atoms with Crippen molar-refractivity contribution in [3.8, 4) is 0 Å². The van der Waals surface area contributed by atoms with E-state index in [-0.39, 0.29) is 33.7 Å². The minimum atomic E-state index is 0.112. The largest absolute Gasteiger partial charge is 0.287 e. The van der Waals surface area contributed by atoms with E-state index >= 15 is 0 Å². The SMILES string of the molecule is CC(C)(C)c1cc(C=N[C@H]2CC[C@H]2N=Cc2cc(C(C)(C)C)cc(C(C)(C)C)c2)cc(C(C)(C)C)c1. The van der Waals surface area contributed by atoms with Crippen molar-refractivity contribution in [1.29, 1.82) is 0 Å². The second-order valence-electron chi connectivity index (χ2n) is 15.0. The summed E-state index contributed by atoms with van der Waals surface area (Å²) in [6, 6.07) is 14.5. The van der Waals surface area contributed by atoms with E-state index in [1.807, 2.05) is 0 Å². The molecule has 2 nitrogen and oxygen atoms in total. The molecule has 1 aliphatic carbocycles. The predicted molar refractivity (Wildman–Crippen MR) is 160 cm³/mol. The Morgan fingerprint density at radius 2 is 0.722 bits per heavy atom. The van der Waals surface area contributed by atoms with Gasteiger partial charge in [0.1, 0.15) is 0 Å². The third-order valence-corrected chi connectivity index (χ3v) is 7.41. The van der Waals surface area contributed by atoms with E-state index in [1.54, 1.807) is 0 Å². The molecule has 1 fully saturated rings. The Labute approximate surface area is 221 Å². The average Bonchev–Trinajstić information content (AvgIpc) is 2.70. The van der Waals surface area contributed by atoms with Crippen molar-refractivity contribution in [1.82, 2.24) is 0 Å². The van der Waals surface area contributed by atoms with Gasteiger partial charge in [0.15, 0.2) is 0 Å². The molecule has 36 heavy (non-hydrogen) atoms. The van der Waals surface area contributed by atoms with E-state index in [0.29, 0.717) is 0 Å². The molecule has 2 aromatic rings. The lowest BCUT2D eigenvalue weighted by Crippen LogP contribution is -2.34. The molecule has 1 saturated carbocycles. The van der Waals surface area contributed by atoms with Crippen LogP contribution in [0.25, 0.3) is 0 Å². The summed E-state index contributed by atoms with van der Waals surface area (Å²) < 4.78 is 0. The van der Waals surface area contributed by atoms with Gasteiger partial charge in [-0.15, -0.1) is 0 Å². The zero-order chi connectivity index (χ0) is 27.1. The lowest BCUT2D eigenvalue weighted by molar-refractivity contribution is 0.353. The highest BCUT2D eigenvalue weighted by Crippen LogP contribution is 2.32. The Kier molecular flexibility index (Phi) is 7.81. The molecule has 2 atom stereocenters. The van der Waals surface area contributed by atoms with Crippen LogP contribution in [0.15, 0.2) is 46.4 Å². The third-order valence-electron chi connectivity index (χ3n) is 7.41. The molecular formula is C34H50N2. The minimum absolute atomic E-state index is 0.112. The van der Waals surface area contributed by atoms with Crippen molar-refractivity contribution in [2.45, 2.75) is 130 Å². The maximum atomic E-state index is 5.01. The number of benzene rings is 2. The van der Waals surface area contributed by atoms with Crippen LogP contribution >= 0.6 is 0 Å². The Hall–Kier alpha value is -2.22. The summed E-state index contributed by atoms with van der Waals surface area (Å²) in [5.41, 5.74) is 8.33. The van der Waals surface area contributed by atoms with Gasteiger partial charge >= 0.3 is 0 Å². The molecule has 196 valence electrons. The molecule has 0 heterocycles. The van der Waals surface area contributed by atoms with E-state index in [1.165, 1.54) is 33.4 Å². The highest BCUT2D eigenvalue weighted by molar-refractivity contribution is 5.82. The fourth-order valence-electron chi connectivity index (χ4n) is 4.36. The topological polar surface area (TPSA) is 24.7 Å². The van der Waals surface area contributed by atoms with Gasteiger partial charge in [0.05, 0.1) is 12.1 Å². The van der Waals surface area contributed by atoms with Crippen molar-refractivity contribution < 1.29 is 0 Å². The maximum Gasteiger partial charge on any atom is 0.0723 e. The van der Waals surface area contributed by atoms with E-state index in [4.69, 9.17) is 9.98 Å². The quantitative estimate of drug-likeness (QED) is 0.385. The Morgan fingerprint density at radius 3 is 0.917 bits per heavy atom. The van der Waals surface area contributed by atoms with Gasteiger partial charge < -0.3 is 0 Å². The van der Waals surface area contributed by atoms with Crippen LogP contribution in [0.4, 0.5) is 0 Å². The summed E-state index contributed by atoms with van der Waals surface area (Å²) in [5.74, 6) is 0. The highest BCUT2D eigenvalue weighted by Gasteiger charge is 2.29. The van der Waals surface area contributed by atoms with Crippen LogP contribution < -0.4 is 0 Å². The van der Waals surface area contributed by atoms with E-state index in [2.05, 4.69) is 132 Å². The first-order chi connectivity index (χ1) is 16.3. The normalized spacial score (nSPS) is 19.8. The average molecular weight is 487 g/mol. The van der Waals surface area contributed by atoms with Crippen molar-refractivity contribution in [3.63, 3.8) is 0 Å². The Balaban J connectivity index is 1.83. The van der Waals surface area contributed by atoms with Crippen LogP contribution in [0.1, 0.15) is 129 Å². The van der Waals surface area contributed by atoms with E-state index < -0.39 is 0 Å². The highest BCUT2D eigenvalue weighted by atomic mass is 14.9. The van der Waals surface area contributed by atoms with Crippen LogP contribution in [0.2, 0.25) is 0 Å². The molecule has 0 aromatic heterocycles. The molecule has 0 spiro atoms. The number of aliphatic imine (C=N–C) groups is 2. The lowest BCUT2D eigenvalue weighted by atomic mass is 9.79. The summed E-state index contributed by atoms with van der Waals surface area (Å²) in [6.07, 6.45) is 6.40. The molecule has 0 unspecified atom stereocenters. The number of nitrogens with zero attached hydrogens (tertiary/aromatic N) is 2. The van der Waals surface area contributed by atoms with Gasteiger partial charge in [0.25, 0.3) is 0 Å². The van der Waals surface area contributed by atoms with Crippen LogP contribution in [0.3, 0.4) is 0 Å². The molecule has 2 heteroatoms. The molecule has 0 bridgehead atoms. The molecule has 3 rings (SSSR count). The number of rotatable bonds is 4. The summed E-state index contributed by atoms with van der Waals surface area (Å²) in [7, 11) is 0. The molecule has 0 saturated heterocycles. The molecule has 2 aromatic carbocycles. The first-order valence-corrected chi connectivity index (χ1v) is 13.7. The smallest absolute Gasteiger partial charge is 0.0723 e. The van der Waals surface area contributed by atoms with Gasteiger partial charge in [-0.05, 0) is 92.1 Å². The lowest BCUT2D eigenvalue weighted by Gasteiger charge is -2.30. The summed E-state index contributed by atoms with van der Waals surface area (Å²) in [4.78, 5) is 10.0. The van der Waals surface area contributed by atoms with Crippen LogP contribution in [-0.4, -0.2) is 24.5 Å². The fourth-order valence-corrected chi connectivity index (χ4v) is 4.36. The van der Waals surface area contributed by atoms with Crippen molar-refractivity contribution in [2.24, 2.45) is 9.98 Å². The van der Waals surface area contributed by atoms with Crippen molar-refractivity contribution in [3.05, 3.63) is 69.8 Å². The van der Waals surface area contributed by atoms with Crippen LogP contribution in [-0.2, 0) is 21.7 Å². The summed E-state index contributed by atoms with van der Waals surface area (Å²) >= 11 is 0. The zero-order valence-corrected chi connectivity index (χ0v) is 25.1. The van der Waals surface area contributed by atoms with E-state index in [9.17, 15) is 0 Å². The fraction of sp³-hybridized carbons (Fsp3) is 0.588. The van der Waals surface area contributed by atoms with Crippen molar-refractivity contribution >= 4 is 12.4 Å². The summed E-state index contributed by atoms with van der Waals surface area (Å²) in [6.45, 7) is 27.4. The Morgan fingerprint density at radius 1 is 0.472 bits per heavy atom. The second kappa shape index (κ2) is 9.92. The minimum Gasteiger partial charge on any atom is -0.287 e. The van der Waals surface area contributed by atoms with Crippen LogP contribution in [0.5, 0.6) is 0 Å². The number of hydrogen-bond donors (Lipinski definition) is 0. The Bertz CT molecular complexity index is 966. The predicted octanol–water partition coefficient (Wildman–Crippen LogP) is 8.95. The van der Waals surface area contributed by atoms with Gasteiger partial charge in [-0.3, -0.25) is 9.98 Å². The zero-order valence-electron chi connectivity index (χ0n) is 25.1. The second-order valence-corrected chi connectivity index (χ2v) is 15.0. The maximum absolute atomic E-state index is 5.01. The molecule has 0 aliphatic heterocycles. The molecular weight excluding hydrogens is 436 g/mol.